The zero-order chi connectivity index (χ0) is 11.4. The lowest BCUT2D eigenvalue weighted by atomic mass is 10.1. The highest BCUT2D eigenvalue weighted by atomic mass is 16.5. The van der Waals surface area contributed by atoms with Gasteiger partial charge in [0, 0.05) is 7.11 Å². The van der Waals surface area contributed by atoms with Crippen LogP contribution in [0.4, 0.5) is 0 Å². The molecule has 0 spiro atoms. The van der Waals surface area contributed by atoms with Crippen LogP contribution in [0.5, 0.6) is 11.5 Å². The van der Waals surface area contributed by atoms with Crippen molar-refractivity contribution in [2.45, 2.75) is 6.61 Å². The molecule has 0 bridgehead atoms. The van der Waals surface area contributed by atoms with Gasteiger partial charge < -0.3 is 19.7 Å². The molecule has 0 amide bonds. The smallest absolute Gasteiger partial charge is 0.340 e. The summed E-state index contributed by atoms with van der Waals surface area (Å²) in [4.78, 5) is 11.0. The molecule has 0 saturated heterocycles. The van der Waals surface area contributed by atoms with E-state index in [2.05, 4.69) is 0 Å². The van der Waals surface area contributed by atoms with Gasteiger partial charge in [0.25, 0.3) is 0 Å². The summed E-state index contributed by atoms with van der Waals surface area (Å²) < 4.78 is 9.70. The Morgan fingerprint density at radius 1 is 1.40 bits per heavy atom. The summed E-state index contributed by atoms with van der Waals surface area (Å²) in [6, 6.07) is 2.87. The van der Waals surface area contributed by atoms with Crippen LogP contribution in [0.2, 0.25) is 0 Å². The van der Waals surface area contributed by atoms with Crippen LogP contribution >= 0.6 is 0 Å². The quantitative estimate of drug-likeness (QED) is 0.785. The Balaban J connectivity index is 3.35. The van der Waals surface area contributed by atoms with E-state index >= 15 is 0 Å². The minimum Gasteiger partial charge on any atom is -0.504 e. The molecule has 0 aliphatic rings. The van der Waals surface area contributed by atoms with Crippen LogP contribution in [0, 0.1) is 0 Å². The molecule has 0 radical (unpaired) electrons. The Bertz CT molecular complexity index is 372. The molecule has 82 valence electrons. The predicted molar refractivity (Wildman–Crippen MR) is 52.3 cm³/mol. The zero-order valence-corrected chi connectivity index (χ0v) is 8.48. The van der Waals surface area contributed by atoms with Gasteiger partial charge in [-0.3, -0.25) is 0 Å². The summed E-state index contributed by atoms with van der Waals surface area (Å²) >= 11 is 0. The Morgan fingerprint density at radius 3 is 2.53 bits per heavy atom. The lowest BCUT2D eigenvalue weighted by molar-refractivity contribution is 0.0687. The van der Waals surface area contributed by atoms with Crippen LogP contribution < -0.4 is 4.74 Å². The molecule has 15 heavy (non-hydrogen) atoms. The zero-order valence-electron chi connectivity index (χ0n) is 8.48. The van der Waals surface area contributed by atoms with Gasteiger partial charge in [0.1, 0.15) is 5.56 Å². The van der Waals surface area contributed by atoms with E-state index in [1.807, 2.05) is 0 Å². The number of aromatic carboxylic acids is 1. The fourth-order valence-corrected chi connectivity index (χ4v) is 1.33. The molecule has 0 aromatic heterocycles. The third kappa shape index (κ3) is 2.19. The largest absolute Gasteiger partial charge is 0.504 e. The maximum atomic E-state index is 11.0. The monoisotopic (exact) mass is 212 g/mol. The van der Waals surface area contributed by atoms with Crippen molar-refractivity contribution in [3.05, 3.63) is 23.3 Å². The van der Waals surface area contributed by atoms with E-state index in [-0.39, 0.29) is 23.7 Å². The lowest BCUT2D eigenvalue weighted by Gasteiger charge is -2.11. The van der Waals surface area contributed by atoms with Gasteiger partial charge in [-0.15, -0.1) is 0 Å². The van der Waals surface area contributed by atoms with E-state index in [1.54, 1.807) is 0 Å². The minimum absolute atomic E-state index is 0.0444. The number of carbonyl (C=O) groups is 1. The third-order valence-corrected chi connectivity index (χ3v) is 1.94. The molecule has 2 N–H and O–H groups in total. The Hall–Kier alpha value is -1.75. The number of rotatable bonds is 4. The number of hydrogen-bond donors (Lipinski definition) is 2. The van der Waals surface area contributed by atoms with E-state index in [0.717, 1.165) is 0 Å². The number of methoxy groups -OCH3 is 2. The molecule has 0 aliphatic heterocycles. The number of phenols is 1. The highest BCUT2D eigenvalue weighted by molar-refractivity contribution is 5.93. The number of carboxylic acids is 1. The van der Waals surface area contributed by atoms with E-state index < -0.39 is 5.97 Å². The van der Waals surface area contributed by atoms with Crippen LogP contribution in [-0.2, 0) is 11.3 Å². The SMILES string of the molecule is COCc1ccc(O)c(OC)c1C(=O)O. The van der Waals surface area contributed by atoms with Gasteiger partial charge in [-0.05, 0) is 11.6 Å². The summed E-state index contributed by atoms with van der Waals surface area (Å²) in [5.41, 5.74) is 0.388. The number of aromatic hydroxyl groups is 1. The number of carboxylic acid groups (broad SMARTS) is 1. The first-order valence-electron chi connectivity index (χ1n) is 4.22. The van der Waals surface area contributed by atoms with Crippen LogP contribution in [0.15, 0.2) is 12.1 Å². The Morgan fingerprint density at radius 2 is 2.07 bits per heavy atom. The molecule has 5 heteroatoms. The average Bonchev–Trinajstić information content (AvgIpc) is 2.20. The highest BCUT2D eigenvalue weighted by Gasteiger charge is 2.19. The number of hydrogen-bond acceptors (Lipinski definition) is 4. The van der Waals surface area contributed by atoms with Crippen LogP contribution in [-0.4, -0.2) is 30.4 Å². The summed E-state index contributed by atoms with van der Waals surface area (Å²) in [6.45, 7) is 0.151. The summed E-state index contributed by atoms with van der Waals surface area (Å²) in [5.74, 6) is -1.40. The second-order valence-corrected chi connectivity index (χ2v) is 2.89. The van der Waals surface area contributed by atoms with E-state index in [4.69, 9.17) is 14.6 Å². The maximum absolute atomic E-state index is 11.0. The van der Waals surface area contributed by atoms with Crippen molar-refractivity contribution in [2.75, 3.05) is 14.2 Å². The Kier molecular flexibility index (Phi) is 3.51. The molecule has 1 rings (SSSR count). The van der Waals surface area contributed by atoms with Crippen LogP contribution in [0.1, 0.15) is 15.9 Å². The molecule has 0 saturated carbocycles. The molecular formula is C10H12O5. The first-order chi connectivity index (χ1) is 7.11. The standard InChI is InChI=1S/C10H12O5/c1-14-5-6-3-4-7(11)9(15-2)8(6)10(12)13/h3-4,11H,5H2,1-2H3,(H,12,13). The summed E-state index contributed by atoms with van der Waals surface area (Å²) in [5, 5.41) is 18.4. The fourth-order valence-electron chi connectivity index (χ4n) is 1.33. The van der Waals surface area contributed by atoms with Crippen molar-refractivity contribution in [1.29, 1.82) is 0 Å². The van der Waals surface area contributed by atoms with Crippen molar-refractivity contribution < 1.29 is 24.5 Å². The maximum Gasteiger partial charge on any atom is 0.340 e. The fraction of sp³-hybridized carbons (Fsp3) is 0.300. The van der Waals surface area contributed by atoms with Crippen molar-refractivity contribution in [2.24, 2.45) is 0 Å². The van der Waals surface area contributed by atoms with E-state index in [0.29, 0.717) is 5.56 Å². The van der Waals surface area contributed by atoms with Crippen molar-refractivity contribution >= 4 is 5.97 Å². The molecule has 0 atom stereocenters. The van der Waals surface area contributed by atoms with Crippen LogP contribution in [0.3, 0.4) is 0 Å². The number of ether oxygens (including phenoxy) is 2. The molecule has 0 heterocycles. The van der Waals surface area contributed by atoms with Gasteiger partial charge in [-0.1, -0.05) is 6.07 Å². The average molecular weight is 212 g/mol. The van der Waals surface area contributed by atoms with Gasteiger partial charge in [0.05, 0.1) is 13.7 Å². The van der Waals surface area contributed by atoms with E-state index in [1.165, 1.54) is 26.4 Å². The van der Waals surface area contributed by atoms with Crippen molar-refractivity contribution in [1.82, 2.24) is 0 Å². The van der Waals surface area contributed by atoms with Gasteiger partial charge in [-0.25, -0.2) is 4.79 Å². The van der Waals surface area contributed by atoms with Crippen LogP contribution in [0.25, 0.3) is 0 Å². The predicted octanol–water partition coefficient (Wildman–Crippen LogP) is 1.25. The Labute approximate surface area is 86.9 Å². The molecular weight excluding hydrogens is 200 g/mol. The van der Waals surface area contributed by atoms with Crippen molar-refractivity contribution in [3.8, 4) is 11.5 Å². The second kappa shape index (κ2) is 4.65. The van der Waals surface area contributed by atoms with Gasteiger partial charge in [0.15, 0.2) is 11.5 Å². The summed E-state index contributed by atoms with van der Waals surface area (Å²) in [6.07, 6.45) is 0. The third-order valence-electron chi connectivity index (χ3n) is 1.94. The molecule has 0 fully saturated rings. The lowest BCUT2D eigenvalue weighted by Crippen LogP contribution is -2.06. The van der Waals surface area contributed by atoms with Gasteiger partial charge >= 0.3 is 5.97 Å². The summed E-state index contributed by atoms with van der Waals surface area (Å²) in [7, 11) is 2.77. The number of phenolic OH excluding ortho intramolecular Hbond substituents is 1. The minimum atomic E-state index is -1.16. The topological polar surface area (TPSA) is 76.0 Å². The number of benzene rings is 1. The van der Waals surface area contributed by atoms with Gasteiger partial charge in [0.2, 0.25) is 0 Å². The van der Waals surface area contributed by atoms with E-state index in [9.17, 15) is 9.90 Å². The normalized spacial score (nSPS) is 10.0. The molecule has 5 nitrogen and oxygen atoms in total. The second-order valence-electron chi connectivity index (χ2n) is 2.89. The molecule has 1 aromatic carbocycles. The first-order valence-corrected chi connectivity index (χ1v) is 4.22. The first kappa shape index (κ1) is 11.3. The van der Waals surface area contributed by atoms with Crippen molar-refractivity contribution in [3.63, 3.8) is 0 Å². The molecule has 1 aromatic rings. The highest BCUT2D eigenvalue weighted by Crippen LogP contribution is 2.32. The molecule has 0 aliphatic carbocycles. The molecule has 0 unspecified atom stereocenters. The van der Waals surface area contributed by atoms with Gasteiger partial charge in [-0.2, -0.15) is 0 Å².